The lowest BCUT2D eigenvalue weighted by atomic mass is 10.2. The molecule has 1 fully saturated rings. The zero-order valence-electron chi connectivity index (χ0n) is 12.4. The van der Waals surface area contributed by atoms with Crippen molar-refractivity contribution in [2.75, 3.05) is 6.54 Å². The van der Waals surface area contributed by atoms with Crippen molar-refractivity contribution >= 4 is 10.2 Å². The highest BCUT2D eigenvalue weighted by Gasteiger charge is 2.36. The summed E-state index contributed by atoms with van der Waals surface area (Å²) < 4.78 is 39.5. The fourth-order valence-electron chi connectivity index (χ4n) is 2.64. The first kappa shape index (κ1) is 15.3. The molecular formula is C14H19N3O4S. The first-order valence-corrected chi connectivity index (χ1v) is 8.78. The Morgan fingerprint density at radius 2 is 2.36 bits per heavy atom. The van der Waals surface area contributed by atoms with Gasteiger partial charge in [0.25, 0.3) is 10.2 Å². The first-order chi connectivity index (χ1) is 10.6. The fourth-order valence-corrected chi connectivity index (χ4v) is 4.05. The lowest BCUT2D eigenvalue weighted by molar-refractivity contribution is 0.332. The maximum Gasteiger partial charge on any atom is 0.280 e. The van der Waals surface area contributed by atoms with Gasteiger partial charge in [0, 0.05) is 12.6 Å². The normalized spacial score (nSPS) is 19.8. The van der Waals surface area contributed by atoms with E-state index in [2.05, 4.69) is 9.88 Å². The monoisotopic (exact) mass is 325 g/mol. The van der Waals surface area contributed by atoms with Crippen LogP contribution in [0.15, 0.2) is 33.4 Å². The van der Waals surface area contributed by atoms with E-state index in [1.54, 1.807) is 18.4 Å². The van der Waals surface area contributed by atoms with Gasteiger partial charge in [-0.3, -0.25) is 0 Å². The molecule has 0 unspecified atom stereocenters. The molecular weight excluding hydrogens is 306 g/mol. The van der Waals surface area contributed by atoms with Gasteiger partial charge in [-0.1, -0.05) is 12.1 Å². The third-order valence-corrected chi connectivity index (χ3v) is 5.35. The predicted octanol–water partition coefficient (Wildman–Crippen LogP) is 2.00. The van der Waals surface area contributed by atoms with Crippen molar-refractivity contribution < 1.29 is 17.4 Å². The Balaban J connectivity index is 1.69. The molecule has 2 aromatic heterocycles. The second kappa shape index (κ2) is 6.23. The van der Waals surface area contributed by atoms with Gasteiger partial charge in [-0.2, -0.15) is 17.4 Å². The van der Waals surface area contributed by atoms with Gasteiger partial charge in [-0.25, -0.2) is 0 Å². The second-order valence-electron chi connectivity index (χ2n) is 5.25. The van der Waals surface area contributed by atoms with E-state index in [0.29, 0.717) is 18.1 Å². The smallest absolute Gasteiger partial charge is 0.280 e. The Morgan fingerprint density at radius 1 is 1.50 bits per heavy atom. The fraction of sp³-hybridized carbons (Fsp3) is 0.500. The van der Waals surface area contributed by atoms with Gasteiger partial charge in [-0.15, -0.1) is 0 Å². The van der Waals surface area contributed by atoms with Crippen molar-refractivity contribution in [1.29, 1.82) is 0 Å². The third kappa shape index (κ3) is 3.08. The van der Waals surface area contributed by atoms with Crippen LogP contribution in [0, 0.1) is 0 Å². The van der Waals surface area contributed by atoms with E-state index in [1.807, 2.05) is 13.0 Å². The van der Waals surface area contributed by atoms with E-state index in [0.717, 1.165) is 25.0 Å². The van der Waals surface area contributed by atoms with Crippen LogP contribution in [-0.2, 0) is 23.2 Å². The van der Waals surface area contributed by atoms with E-state index in [-0.39, 0.29) is 12.6 Å². The zero-order valence-corrected chi connectivity index (χ0v) is 13.2. The van der Waals surface area contributed by atoms with Crippen LogP contribution in [0.1, 0.15) is 43.0 Å². The van der Waals surface area contributed by atoms with Crippen LogP contribution in [-0.4, -0.2) is 24.4 Å². The molecule has 0 amide bonds. The molecule has 3 heterocycles. The molecule has 1 aliphatic rings. The summed E-state index contributed by atoms with van der Waals surface area (Å²) in [4.78, 5) is 0. The van der Waals surface area contributed by atoms with Gasteiger partial charge in [0.05, 0.1) is 24.5 Å². The molecule has 0 aromatic carbocycles. The molecule has 1 atom stereocenters. The highest BCUT2D eigenvalue weighted by molar-refractivity contribution is 7.87. The maximum atomic E-state index is 12.5. The van der Waals surface area contributed by atoms with Gasteiger partial charge >= 0.3 is 0 Å². The van der Waals surface area contributed by atoms with E-state index < -0.39 is 10.2 Å². The molecule has 7 nitrogen and oxygen atoms in total. The van der Waals surface area contributed by atoms with Crippen molar-refractivity contribution in [2.45, 2.75) is 38.8 Å². The SMILES string of the molecule is CCc1cc(CNS(=O)(=O)N2CCC[C@@H]2c2ccco2)on1. The summed E-state index contributed by atoms with van der Waals surface area (Å²) in [6.45, 7) is 2.54. The number of hydrogen-bond donors (Lipinski definition) is 1. The largest absolute Gasteiger partial charge is 0.468 e. The topological polar surface area (TPSA) is 88.6 Å². The van der Waals surface area contributed by atoms with E-state index >= 15 is 0 Å². The van der Waals surface area contributed by atoms with Gasteiger partial charge in [-0.05, 0) is 31.4 Å². The van der Waals surface area contributed by atoms with Crippen molar-refractivity contribution in [2.24, 2.45) is 0 Å². The summed E-state index contributed by atoms with van der Waals surface area (Å²) in [7, 11) is -3.60. The molecule has 1 aliphatic heterocycles. The van der Waals surface area contributed by atoms with Crippen LogP contribution >= 0.6 is 0 Å². The standard InChI is InChI=1S/C14H19N3O4S/c1-2-11-9-12(21-16-11)10-15-22(18,19)17-7-3-5-13(17)14-6-4-8-20-14/h4,6,8-9,13,15H,2-3,5,7,10H2,1H3/t13-/m1/s1. The summed E-state index contributed by atoms with van der Waals surface area (Å²) in [6, 6.07) is 5.10. The van der Waals surface area contributed by atoms with Gasteiger partial charge in [0.15, 0.2) is 5.76 Å². The van der Waals surface area contributed by atoms with Gasteiger partial charge in [0.2, 0.25) is 0 Å². The van der Waals surface area contributed by atoms with Gasteiger partial charge < -0.3 is 8.94 Å². The summed E-state index contributed by atoms with van der Waals surface area (Å²) >= 11 is 0. The van der Waals surface area contributed by atoms with Crippen LogP contribution in [0.3, 0.4) is 0 Å². The van der Waals surface area contributed by atoms with Crippen LogP contribution in [0.2, 0.25) is 0 Å². The molecule has 0 saturated carbocycles. The predicted molar refractivity (Wildman–Crippen MR) is 79.0 cm³/mol. The average molecular weight is 325 g/mol. The van der Waals surface area contributed by atoms with Crippen LogP contribution in [0.25, 0.3) is 0 Å². The molecule has 2 aromatic rings. The molecule has 3 rings (SSSR count). The van der Waals surface area contributed by atoms with Crippen LogP contribution in [0.5, 0.6) is 0 Å². The van der Waals surface area contributed by atoms with Gasteiger partial charge in [0.1, 0.15) is 5.76 Å². The number of hydrogen-bond acceptors (Lipinski definition) is 5. The summed E-state index contributed by atoms with van der Waals surface area (Å²) in [6.07, 6.45) is 3.89. The number of aryl methyl sites for hydroxylation is 1. The molecule has 22 heavy (non-hydrogen) atoms. The van der Waals surface area contributed by atoms with Crippen molar-refractivity contribution in [3.05, 3.63) is 41.7 Å². The van der Waals surface area contributed by atoms with Crippen LogP contribution in [0.4, 0.5) is 0 Å². The van der Waals surface area contributed by atoms with E-state index in [9.17, 15) is 8.42 Å². The Hall–Kier alpha value is -1.64. The molecule has 120 valence electrons. The molecule has 0 spiro atoms. The lowest BCUT2D eigenvalue weighted by Gasteiger charge is -2.22. The number of rotatable bonds is 6. The highest BCUT2D eigenvalue weighted by Crippen LogP contribution is 2.33. The quantitative estimate of drug-likeness (QED) is 0.877. The average Bonchev–Trinajstić information content (AvgIpc) is 3.23. The Kier molecular flexibility index (Phi) is 4.32. The highest BCUT2D eigenvalue weighted by atomic mass is 32.2. The number of aromatic nitrogens is 1. The molecule has 0 bridgehead atoms. The van der Waals surface area contributed by atoms with Crippen molar-refractivity contribution in [1.82, 2.24) is 14.2 Å². The third-order valence-electron chi connectivity index (χ3n) is 3.78. The minimum absolute atomic E-state index is 0.0940. The van der Waals surface area contributed by atoms with E-state index in [4.69, 9.17) is 8.94 Å². The molecule has 8 heteroatoms. The molecule has 0 aliphatic carbocycles. The number of nitrogens with zero attached hydrogens (tertiary/aromatic N) is 2. The Labute approximate surface area is 129 Å². The summed E-state index contributed by atoms with van der Waals surface area (Å²) in [5.74, 6) is 1.19. The first-order valence-electron chi connectivity index (χ1n) is 7.34. The Bertz CT molecular complexity index is 708. The summed E-state index contributed by atoms with van der Waals surface area (Å²) in [5.41, 5.74) is 0.809. The zero-order chi connectivity index (χ0) is 15.6. The van der Waals surface area contributed by atoms with Crippen molar-refractivity contribution in [3.63, 3.8) is 0 Å². The lowest BCUT2D eigenvalue weighted by Crippen LogP contribution is -2.39. The summed E-state index contributed by atoms with van der Waals surface area (Å²) in [5, 5.41) is 3.85. The molecule has 1 saturated heterocycles. The Morgan fingerprint density at radius 3 is 3.05 bits per heavy atom. The van der Waals surface area contributed by atoms with Crippen molar-refractivity contribution in [3.8, 4) is 0 Å². The molecule has 1 N–H and O–H groups in total. The minimum Gasteiger partial charge on any atom is -0.468 e. The van der Waals surface area contributed by atoms with E-state index in [1.165, 1.54) is 4.31 Å². The molecule has 0 radical (unpaired) electrons. The number of nitrogens with one attached hydrogen (secondary N) is 1. The number of furan rings is 1. The second-order valence-corrected chi connectivity index (χ2v) is 6.96. The maximum absolute atomic E-state index is 12.5. The van der Waals surface area contributed by atoms with Crippen LogP contribution < -0.4 is 4.72 Å². The minimum atomic E-state index is -3.60.